The molecule has 10 rings (SSSR count). The zero-order chi connectivity index (χ0) is 46.1. The fourth-order valence-corrected chi connectivity index (χ4v) is 16.2. The molecule has 0 atom stereocenters. The molecule has 0 saturated heterocycles. The standard InChI is InChI=1S/C58H48O6S4/c59-56(37-63-46-23-17-22-44(58(46)43-20-5-2-6-21-43)40-68-54-30-13-9-26-50(54)66-51-27-10-14-31-55(51)68)61-34-15-16-35-62-57(60)38-64-47-36-41(32-33-45(47)42-18-3-1-4-19-42)39-67-52-28-11-7-24-48(52)65-49-25-8-12-29-53(49)67/h1-14,17-33,36H,15-16,34-35,37-40H2/q+2. The summed E-state index contributed by atoms with van der Waals surface area (Å²) in [5, 5.41) is 0. The van der Waals surface area contributed by atoms with Crippen molar-refractivity contribution in [2.24, 2.45) is 0 Å². The van der Waals surface area contributed by atoms with E-state index in [4.69, 9.17) is 18.9 Å². The molecule has 0 aromatic heterocycles. The third-order valence-corrected chi connectivity index (χ3v) is 19.2. The van der Waals surface area contributed by atoms with Gasteiger partial charge in [-0.2, -0.15) is 0 Å². The van der Waals surface area contributed by atoms with Gasteiger partial charge in [0.15, 0.2) is 32.8 Å². The van der Waals surface area contributed by atoms with Crippen LogP contribution in [0.4, 0.5) is 0 Å². The van der Waals surface area contributed by atoms with E-state index in [9.17, 15) is 9.59 Å². The molecule has 2 aliphatic heterocycles. The Bertz CT molecular complexity index is 2940. The smallest absolute Gasteiger partial charge is 0.344 e. The molecule has 6 nitrogen and oxygen atoms in total. The van der Waals surface area contributed by atoms with E-state index in [0.717, 1.165) is 44.9 Å². The van der Waals surface area contributed by atoms with Crippen molar-refractivity contribution in [2.75, 3.05) is 26.4 Å². The maximum atomic E-state index is 13.0. The number of carbonyl (C=O) groups excluding carboxylic acids is 2. The van der Waals surface area contributed by atoms with Gasteiger partial charge in [-0.05, 0) is 84.6 Å². The van der Waals surface area contributed by atoms with Crippen molar-refractivity contribution in [2.45, 2.75) is 63.5 Å². The van der Waals surface area contributed by atoms with Crippen LogP contribution in [0.2, 0.25) is 0 Å². The van der Waals surface area contributed by atoms with Crippen molar-refractivity contribution in [3.8, 4) is 33.8 Å². The third kappa shape index (κ3) is 10.5. The fraction of sp³-hybridized carbons (Fsp3) is 0.138. The lowest BCUT2D eigenvalue weighted by Gasteiger charge is -2.21. The van der Waals surface area contributed by atoms with Crippen molar-refractivity contribution >= 4 is 57.3 Å². The first-order valence-corrected chi connectivity index (χ1v) is 27.0. The molecule has 0 fully saturated rings. The van der Waals surface area contributed by atoms with Gasteiger partial charge in [-0.15, -0.1) is 0 Å². The number of hydrogen-bond acceptors (Lipinski definition) is 8. The third-order valence-electron chi connectivity index (χ3n) is 11.6. The molecular formula is C58H48O6S4+2. The molecule has 2 aliphatic rings. The summed E-state index contributed by atoms with van der Waals surface area (Å²) in [5.41, 5.74) is 6.21. The van der Waals surface area contributed by atoms with Crippen molar-refractivity contribution in [1.29, 1.82) is 0 Å². The summed E-state index contributed by atoms with van der Waals surface area (Å²) >= 11 is 3.66. The van der Waals surface area contributed by atoms with E-state index in [2.05, 4.69) is 133 Å². The molecule has 0 radical (unpaired) electrons. The SMILES string of the molecule is O=C(COc1cc(C[S+]2c3ccccc3Sc3ccccc32)ccc1-c1ccccc1)OCCCCOC(=O)COc1cccc(C[S+]2c3ccccc3Sc3ccccc32)c1-c1ccccc1. The molecular weight excluding hydrogens is 921 g/mol. The minimum absolute atomic E-state index is 0.167. The zero-order valence-corrected chi connectivity index (χ0v) is 40.5. The summed E-state index contributed by atoms with van der Waals surface area (Å²) in [6.07, 6.45) is 1.06. The van der Waals surface area contributed by atoms with E-state index in [1.54, 1.807) is 0 Å². The second-order valence-corrected chi connectivity index (χ2v) is 22.2. The highest BCUT2D eigenvalue weighted by Crippen LogP contribution is 2.49. The predicted molar refractivity (Wildman–Crippen MR) is 275 cm³/mol. The van der Waals surface area contributed by atoms with Crippen LogP contribution in [-0.4, -0.2) is 38.4 Å². The highest BCUT2D eigenvalue weighted by molar-refractivity contribution is 8.04. The van der Waals surface area contributed by atoms with E-state index in [-0.39, 0.29) is 48.2 Å². The Balaban J connectivity index is 0.727. The summed E-state index contributed by atoms with van der Waals surface area (Å²) in [5.74, 6) is 1.97. The lowest BCUT2D eigenvalue weighted by molar-refractivity contribution is -0.148. The Labute approximate surface area is 412 Å². The van der Waals surface area contributed by atoms with Crippen molar-refractivity contribution in [3.05, 3.63) is 205 Å². The highest BCUT2D eigenvalue weighted by atomic mass is 32.2. The Morgan fingerprint density at radius 3 is 1.41 bits per heavy atom. The molecule has 68 heavy (non-hydrogen) atoms. The monoisotopic (exact) mass is 968 g/mol. The van der Waals surface area contributed by atoms with Gasteiger partial charge in [0.05, 0.1) is 54.6 Å². The summed E-state index contributed by atoms with van der Waals surface area (Å²) in [7, 11) is -0.367. The molecule has 0 bridgehead atoms. The van der Waals surface area contributed by atoms with Gasteiger partial charge in [-0.1, -0.05) is 157 Å². The van der Waals surface area contributed by atoms with Gasteiger partial charge in [-0.3, -0.25) is 0 Å². The van der Waals surface area contributed by atoms with Crippen molar-refractivity contribution < 1.29 is 28.5 Å². The predicted octanol–water partition coefficient (Wildman–Crippen LogP) is 13.7. The average Bonchev–Trinajstić information content (AvgIpc) is 3.38. The topological polar surface area (TPSA) is 71.1 Å². The first-order chi connectivity index (χ1) is 33.6. The van der Waals surface area contributed by atoms with E-state index < -0.39 is 11.9 Å². The van der Waals surface area contributed by atoms with E-state index >= 15 is 0 Å². The van der Waals surface area contributed by atoms with Gasteiger partial charge in [-0.25, -0.2) is 9.59 Å². The lowest BCUT2D eigenvalue weighted by atomic mass is 9.99. The van der Waals surface area contributed by atoms with Crippen LogP contribution >= 0.6 is 23.5 Å². The minimum atomic E-state index is -0.457. The molecule has 10 heteroatoms. The fourth-order valence-electron chi connectivity index (χ4n) is 8.37. The Kier molecular flexibility index (Phi) is 14.6. The molecule has 0 amide bonds. The Hall–Kier alpha value is -6.30. The Morgan fingerprint density at radius 1 is 0.426 bits per heavy atom. The van der Waals surface area contributed by atoms with Gasteiger partial charge in [0, 0.05) is 22.3 Å². The Morgan fingerprint density at radius 2 is 0.882 bits per heavy atom. The van der Waals surface area contributed by atoms with E-state index in [1.807, 2.05) is 84.2 Å². The van der Waals surface area contributed by atoms with Crippen LogP contribution in [0.1, 0.15) is 24.0 Å². The minimum Gasteiger partial charge on any atom is -0.481 e. The highest BCUT2D eigenvalue weighted by Gasteiger charge is 2.38. The largest absolute Gasteiger partial charge is 0.481 e. The summed E-state index contributed by atoms with van der Waals surface area (Å²) in [4.78, 5) is 36.6. The molecule has 0 unspecified atom stereocenters. The molecule has 0 saturated carbocycles. The van der Waals surface area contributed by atoms with Crippen LogP contribution in [0, 0.1) is 0 Å². The van der Waals surface area contributed by atoms with Crippen molar-refractivity contribution in [1.82, 2.24) is 0 Å². The van der Waals surface area contributed by atoms with Gasteiger partial charge >= 0.3 is 11.9 Å². The molecule has 2 heterocycles. The first kappa shape index (κ1) is 45.5. The van der Waals surface area contributed by atoms with Crippen molar-refractivity contribution in [3.63, 3.8) is 0 Å². The summed E-state index contributed by atoms with van der Waals surface area (Å²) in [6.45, 7) is -0.0823. The number of hydrogen-bond donors (Lipinski definition) is 0. The molecule has 338 valence electrons. The van der Waals surface area contributed by atoms with Gasteiger partial charge in [0.1, 0.15) is 23.0 Å². The van der Waals surface area contributed by atoms with Gasteiger partial charge in [0.2, 0.25) is 0 Å². The molecule has 8 aromatic carbocycles. The second-order valence-electron chi connectivity index (χ2n) is 16.1. The normalized spacial score (nSPS) is 12.8. The van der Waals surface area contributed by atoms with Gasteiger partial charge < -0.3 is 18.9 Å². The number of fused-ring (bicyclic) bond motifs is 4. The van der Waals surface area contributed by atoms with Crippen LogP contribution in [0.3, 0.4) is 0 Å². The summed E-state index contributed by atoms with van der Waals surface area (Å²) < 4.78 is 23.7. The second kappa shape index (κ2) is 21.8. The maximum absolute atomic E-state index is 13.0. The van der Waals surface area contributed by atoms with Crippen LogP contribution < -0.4 is 9.47 Å². The average molecular weight is 969 g/mol. The number of unbranched alkanes of at least 4 members (excludes halogenated alkanes) is 1. The first-order valence-electron chi connectivity index (χ1n) is 22.6. The number of rotatable bonds is 17. The number of carbonyl (C=O) groups is 2. The van der Waals surface area contributed by atoms with Crippen LogP contribution in [0.15, 0.2) is 233 Å². The molecule has 0 spiro atoms. The van der Waals surface area contributed by atoms with E-state index in [0.29, 0.717) is 24.3 Å². The zero-order valence-electron chi connectivity index (χ0n) is 37.2. The summed E-state index contributed by atoms with van der Waals surface area (Å²) in [6, 6.07) is 67.4. The molecule has 8 aromatic rings. The number of ether oxygens (including phenoxy) is 4. The van der Waals surface area contributed by atoms with Gasteiger partial charge in [0.25, 0.3) is 0 Å². The molecule has 0 N–H and O–H groups in total. The molecule has 0 aliphatic carbocycles. The lowest BCUT2D eigenvalue weighted by Crippen LogP contribution is -2.18. The number of benzene rings is 8. The van der Waals surface area contributed by atoms with Crippen LogP contribution in [0.5, 0.6) is 11.5 Å². The van der Waals surface area contributed by atoms with E-state index in [1.165, 1.54) is 39.2 Å². The van der Waals surface area contributed by atoms with Crippen LogP contribution in [0.25, 0.3) is 22.3 Å². The quantitative estimate of drug-likeness (QED) is 0.0508. The number of esters is 2. The van der Waals surface area contributed by atoms with Crippen LogP contribution in [-0.2, 0) is 52.4 Å². The maximum Gasteiger partial charge on any atom is 0.344 e.